The minimum Gasteiger partial charge on any atom is -0.338 e. The molecule has 0 atom stereocenters. The van der Waals surface area contributed by atoms with Crippen LogP contribution in [0.3, 0.4) is 0 Å². The summed E-state index contributed by atoms with van der Waals surface area (Å²) in [4.78, 5) is 0. The lowest BCUT2D eigenvalue weighted by Gasteiger charge is -2.05. The van der Waals surface area contributed by atoms with Gasteiger partial charge in [-0.2, -0.15) is 0 Å². The summed E-state index contributed by atoms with van der Waals surface area (Å²) in [6.07, 6.45) is 4.57. The molecule has 0 bridgehead atoms. The molecule has 0 spiro atoms. The molecule has 0 saturated carbocycles. The molecule has 2 heteroatoms. The molecule has 0 N–H and O–H groups in total. The first-order valence-electron chi connectivity index (χ1n) is 6.00. The molecule has 2 aromatic rings. The van der Waals surface area contributed by atoms with Gasteiger partial charge in [0, 0.05) is 11.7 Å². The summed E-state index contributed by atoms with van der Waals surface area (Å²) in [6, 6.07) is 9.02. The van der Waals surface area contributed by atoms with Gasteiger partial charge in [-0.3, -0.25) is 0 Å². The average molecular weight is 233 g/mol. The lowest BCUT2D eigenvalue weighted by atomic mass is 10.1. The minimum atomic E-state index is 1.07. The summed E-state index contributed by atoms with van der Waals surface area (Å²) < 4.78 is 2.34. The third kappa shape index (κ3) is 2.43. The molecular formula is C14H19NS. The predicted octanol–water partition coefficient (Wildman–Crippen LogP) is 4.30. The Morgan fingerprint density at radius 2 is 2.06 bits per heavy atom. The maximum Gasteiger partial charge on any atom is 0.0682 e. The third-order valence-corrected chi connectivity index (χ3v) is 3.98. The molecule has 2 rings (SSSR count). The van der Waals surface area contributed by atoms with Gasteiger partial charge < -0.3 is 4.57 Å². The van der Waals surface area contributed by atoms with Crippen LogP contribution in [0.4, 0.5) is 0 Å². The molecule has 1 aromatic heterocycles. The van der Waals surface area contributed by atoms with E-state index in [0.29, 0.717) is 0 Å². The van der Waals surface area contributed by atoms with Crippen LogP contribution in [0.25, 0.3) is 10.9 Å². The van der Waals surface area contributed by atoms with Gasteiger partial charge in [0.25, 0.3) is 0 Å². The van der Waals surface area contributed by atoms with Crippen molar-refractivity contribution < 1.29 is 0 Å². The molecule has 16 heavy (non-hydrogen) atoms. The molecular weight excluding hydrogens is 214 g/mol. The first-order chi connectivity index (χ1) is 7.85. The van der Waals surface area contributed by atoms with Crippen LogP contribution in [-0.2, 0) is 12.3 Å². The number of nitrogens with zero attached hydrogens (tertiary/aromatic N) is 1. The monoisotopic (exact) mass is 233 g/mol. The Balaban J connectivity index is 2.20. The fraction of sp³-hybridized carbons (Fsp3) is 0.429. The first kappa shape index (κ1) is 11.6. The zero-order chi connectivity index (χ0) is 11.4. The number of benzene rings is 1. The van der Waals surface area contributed by atoms with Crippen molar-refractivity contribution in [3.8, 4) is 0 Å². The van der Waals surface area contributed by atoms with Gasteiger partial charge in [0.1, 0.15) is 0 Å². The number of hydrogen-bond donors (Lipinski definition) is 0. The molecule has 0 radical (unpaired) electrons. The first-order valence-corrected chi connectivity index (χ1v) is 7.16. The van der Waals surface area contributed by atoms with Crippen LogP contribution in [0.2, 0.25) is 0 Å². The fourth-order valence-corrected chi connectivity index (χ4v) is 2.73. The van der Waals surface area contributed by atoms with Crippen molar-refractivity contribution in [3.63, 3.8) is 0 Å². The number of aryl methyl sites for hydroxylation is 1. The van der Waals surface area contributed by atoms with Crippen molar-refractivity contribution in [2.75, 3.05) is 5.75 Å². The van der Waals surface area contributed by atoms with E-state index < -0.39 is 0 Å². The molecule has 1 aromatic carbocycles. The van der Waals surface area contributed by atoms with Gasteiger partial charge in [0.2, 0.25) is 0 Å². The molecule has 0 aliphatic rings. The lowest BCUT2D eigenvalue weighted by molar-refractivity contribution is 0.936. The summed E-state index contributed by atoms with van der Waals surface area (Å²) in [5, 5.41) is 1.37. The molecule has 0 amide bonds. The van der Waals surface area contributed by atoms with E-state index in [0.717, 1.165) is 12.3 Å². The largest absolute Gasteiger partial charge is 0.338 e. The van der Waals surface area contributed by atoms with Crippen LogP contribution < -0.4 is 0 Å². The van der Waals surface area contributed by atoms with Crippen molar-refractivity contribution >= 4 is 22.7 Å². The van der Waals surface area contributed by atoms with Gasteiger partial charge in [-0.25, -0.2) is 0 Å². The minimum absolute atomic E-state index is 1.07. The molecule has 0 aliphatic carbocycles. The fourth-order valence-electron chi connectivity index (χ4n) is 1.89. The zero-order valence-electron chi connectivity index (χ0n) is 10.1. The summed E-state index contributed by atoms with van der Waals surface area (Å²) in [6.45, 7) is 4.43. The molecule has 0 saturated heterocycles. The zero-order valence-corrected chi connectivity index (χ0v) is 10.9. The molecule has 0 aliphatic heterocycles. The van der Waals surface area contributed by atoms with E-state index in [1.54, 1.807) is 0 Å². The van der Waals surface area contributed by atoms with Crippen molar-refractivity contribution in [2.45, 2.75) is 32.6 Å². The Labute approximate surface area is 102 Å². The van der Waals surface area contributed by atoms with Crippen molar-refractivity contribution in [3.05, 3.63) is 36.0 Å². The highest BCUT2D eigenvalue weighted by molar-refractivity contribution is 7.98. The topological polar surface area (TPSA) is 4.93 Å². The van der Waals surface area contributed by atoms with E-state index in [1.165, 1.54) is 28.6 Å². The maximum atomic E-state index is 2.34. The maximum absolute atomic E-state index is 2.34. The normalized spacial score (nSPS) is 11.1. The number of aromatic nitrogens is 1. The Kier molecular flexibility index (Phi) is 3.94. The van der Waals surface area contributed by atoms with E-state index in [-0.39, 0.29) is 0 Å². The smallest absolute Gasteiger partial charge is 0.0682 e. The van der Waals surface area contributed by atoms with Crippen molar-refractivity contribution in [1.29, 1.82) is 0 Å². The van der Waals surface area contributed by atoms with Crippen molar-refractivity contribution in [2.24, 2.45) is 0 Å². The van der Waals surface area contributed by atoms with Crippen LogP contribution in [0.5, 0.6) is 0 Å². The van der Waals surface area contributed by atoms with Gasteiger partial charge >= 0.3 is 0 Å². The second kappa shape index (κ2) is 5.44. The van der Waals surface area contributed by atoms with Gasteiger partial charge in [0.05, 0.1) is 5.88 Å². The highest BCUT2D eigenvalue weighted by atomic mass is 32.2. The number of hydrogen-bond acceptors (Lipinski definition) is 1. The quantitative estimate of drug-likeness (QED) is 0.697. The molecule has 86 valence electrons. The van der Waals surface area contributed by atoms with E-state index in [1.807, 2.05) is 11.8 Å². The SMILES string of the molecule is CCCSCn1ccc2cc(CC)ccc21. The van der Waals surface area contributed by atoms with E-state index in [4.69, 9.17) is 0 Å². The Hall–Kier alpha value is -0.890. The number of rotatable bonds is 5. The second-order valence-electron chi connectivity index (χ2n) is 4.07. The molecule has 1 nitrogen and oxygen atoms in total. The number of thioether (sulfide) groups is 1. The highest BCUT2D eigenvalue weighted by Gasteiger charge is 2.01. The Bertz CT molecular complexity index is 459. The Morgan fingerprint density at radius 3 is 2.81 bits per heavy atom. The predicted molar refractivity (Wildman–Crippen MR) is 74.1 cm³/mol. The van der Waals surface area contributed by atoms with Crippen LogP contribution in [0, 0.1) is 0 Å². The molecule has 0 unspecified atom stereocenters. The van der Waals surface area contributed by atoms with Crippen LogP contribution in [0.15, 0.2) is 30.5 Å². The van der Waals surface area contributed by atoms with Gasteiger partial charge in [-0.1, -0.05) is 19.9 Å². The highest BCUT2D eigenvalue weighted by Crippen LogP contribution is 2.20. The average Bonchev–Trinajstić information content (AvgIpc) is 2.72. The van der Waals surface area contributed by atoms with Crippen LogP contribution in [-0.4, -0.2) is 10.3 Å². The van der Waals surface area contributed by atoms with Gasteiger partial charge in [-0.15, -0.1) is 11.8 Å². The summed E-state index contributed by atoms with van der Waals surface area (Å²) in [5.74, 6) is 2.32. The van der Waals surface area contributed by atoms with Crippen LogP contribution >= 0.6 is 11.8 Å². The summed E-state index contributed by atoms with van der Waals surface area (Å²) >= 11 is 2.00. The summed E-state index contributed by atoms with van der Waals surface area (Å²) in [5.41, 5.74) is 2.78. The van der Waals surface area contributed by atoms with E-state index in [9.17, 15) is 0 Å². The Morgan fingerprint density at radius 1 is 1.19 bits per heavy atom. The third-order valence-electron chi connectivity index (χ3n) is 2.82. The second-order valence-corrected chi connectivity index (χ2v) is 5.14. The molecule has 0 fully saturated rings. The van der Waals surface area contributed by atoms with Crippen LogP contribution in [0.1, 0.15) is 25.8 Å². The van der Waals surface area contributed by atoms with Crippen molar-refractivity contribution in [1.82, 2.24) is 4.57 Å². The van der Waals surface area contributed by atoms with Gasteiger partial charge in [0.15, 0.2) is 0 Å². The lowest BCUT2D eigenvalue weighted by Crippen LogP contribution is -1.92. The van der Waals surface area contributed by atoms with Gasteiger partial charge in [-0.05, 0) is 47.7 Å². The number of fused-ring (bicyclic) bond motifs is 1. The molecule has 1 heterocycles. The van der Waals surface area contributed by atoms with E-state index >= 15 is 0 Å². The van der Waals surface area contributed by atoms with E-state index in [2.05, 4.69) is 48.9 Å². The standard InChI is InChI=1S/C14H19NS/c1-3-9-16-11-15-8-7-13-10-12(4-2)5-6-14(13)15/h5-8,10H,3-4,9,11H2,1-2H3. The summed E-state index contributed by atoms with van der Waals surface area (Å²) in [7, 11) is 0.